The fourth-order valence-electron chi connectivity index (χ4n) is 2.60. The Labute approximate surface area is 128 Å². The summed E-state index contributed by atoms with van der Waals surface area (Å²) in [6, 6.07) is 20.3. The van der Waals surface area contributed by atoms with E-state index in [1.807, 2.05) is 36.4 Å². The Morgan fingerprint density at radius 1 is 0.545 bits per heavy atom. The Bertz CT molecular complexity index is 841. The summed E-state index contributed by atoms with van der Waals surface area (Å²) in [6.45, 7) is 0. The van der Waals surface area contributed by atoms with Crippen molar-refractivity contribution in [3.05, 3.63) is 79.3 Å². The fourth-order valence-corrected chi connectivity index (χ4v) is 2.60. The molecule has 0 aliphatic carbocycles. The average Bonchev–Trinajstić information content (AvgIpc) is 2.62. The largest absolute Gasteiger partial charge is 0.256 e. The zero-order valence-corrected chi connectivity index (χ0v) is 11.8. The van der Waals surface area contributed by atoms with Gasteiger partial charge in [0.25, 0.3) is 0 Å². The van der Waals surface area contributed by atoms with Crippen LogP contribution in [0.4, 0.5) is 0 Å². The Morgan fingerprint density at radius 2 is 1.18 bits per heavy atom. The van der Waals surface area contributed by atoms with Gasteiger partial charge in [0, 0.05) is 29.7 Å². The summed E-state index contributed by atoms with van der Waals surface area (Å²) in [5.41, 5.74) is 2.97. The molecule has 0 atom stereocenters. The van der Waals surface area contributed by atoms with Crippen molar-refractivity contribution in [3.8, 4) is 22.6 Å². The van der Waals surface area contributed by atoms with E-state index >= 15 is 0 Å². The van der Waals surface area contributed by atoms with Gasteiger partial charge in [0.1, 0.15) is 0 Å². The lowest BCUT2D eigenvalue weighted by Crippen LogP contribution is -1.92. The molecule has 0 radical (unpaired) electrons. The Kier molecular flexibility index (Phi) is 3.09. The summed E-state index contributed by atoms with van der Waals surface area (Å²) in [5.74, 6) is 0.717. The van der Waals surface area contributed by atoms with Gasteiger partial charge in [0.15, 0.2) is 5.82 Å². The van der Waals surface area contributed by atoms with E-state index in [-0.39, 0.29) is 0 Å². The smallest absolute Gasteiger partial charge is 0.159 e. The zero-order chi connectivity index (χ0) is 14.8. The first-order valence-electron chi connectivity index (χ1n) is 7.13. The van der Waals surface area contributed by atoms with E-state index in [0.29, 0.717) is 5.82 Å². The molecule has 2 aromatic carbocycles. The molecular formula is C19H13N3. The van der Waals surface area contributed by atoms with Gasteiger partial charge in [-0.3, -0.25) is 4.98 Å². The van der Waals surface area contributed by atoms with Crippen molar-refractivity contribution < 1.29 is 0 Å². The Morgan fingerprint density at radius 3 is 1.86 bits per heavy atom. The monoisotopic (exact) mass is 283 g/mol. The van der Waals surface area contributed by atoms with Crippen molar-refractivity contribution in [1.29, 1.82) is 0 Å². The van der Waals surface area contributed by atoms with Gasteiger partial charge in [-0.15, -0.1) is 0 Å². The summed E-state index contributed by atoms with van der Waals surface area (Å²) in [4.78, 5) is 13.3. The third-order valence-electron chi connectivity index (χ3n) is 3.63. The standard InChI is InChI=1S/C19H13N3/c1-2-7-15-13-17(19-21-10-5-11-22-19)16(12-14(15)6-1)18-8-3-4-9-20-18/h1-13H. The first-order valence-corrected chi connectivity index (χ1v) is 7.13. The number of nitrogens with zero attached hydrogens (tertiary/aromatic N) is 3. The van der Waals surface area contributed by atoms with Crippen molar-refractivity contribution >= 4 is 10.8 Å². The van der Waals surface area contributed by atoms with E-state index in [1.165, 1.54) is 10.8 Å². The van der Waals surface area contributed by atoms with Crippen molar-refractivity contribution in [1.82, 2.24) is 15.0 Å². The molecule has 0 aliphatic rings. The molecule has 4 rings (SSSR count). The van der Waals surface area contributed by atoms with Gasteiger partial charge in [0.05, 0.1) is 5.69 Å². The number of hydrogen-bond donors (Lipinski definition) is 0. The molecule has 0 unspecified atom stereocenters. The van der Waals surface area contributed by atoms with Crippen LogP contribution in [-0.4, -0.2) is 15.0 Å². The van der Waals surface area contributed by atoms with E-state index in [9.17, 15) is 0 Å². The minimum atomic E-state index is 0.717. The average molecular weight is 283 g/mol. The van der Waals surface area contributed by atoms with Gasteiger partial charge in [-0.2, -0.15) is 0 Å². The molecule has 0 saturated carbocycles. The van der Waals surface area contributed by atoms with Gasteiger partial charge < -0.3 is 0 Å². The van der Waals surface area contributed by atoms with Crippen LogP contribution < -0.4 is 0 Å². The molecule has 3 nitrogen and oxygen atoms in total. The highest BCUT2D eigenvalue weighted by Crippen LogP contribution is 2.32. The third kappa shape index (κ3) is 2.23. The molecule has 0 N–H and O–H groups in total. The molecule has 3 heteroatoms. The highest BCUT2D eigenvalue weighted by Gasteiger charge is 2.12. The molecule has 2 heterocycles. The third-order valence-corrected chi connectivity index (χ3v) is 3.63. The van der Waals surface area contributed by atoms with Crippen LogP contribution in [-0.2, 0) is 0 Å². The Balaban J connectivity index is 2.04. The van der Waals surface area contributed by atoms with E-state index in [2.05, 4.69) is 39.2 Å². The van der Waals surface area contributed by atoms with Gasteiger partial charge in [-0.25, -0.2) is 9.97 Å². The second kappa shape index (κ2) is 5.37. The fraction of sp³-hybridized carbons (Fsp3) is 0. The van der Waals surface area contributed by atoms with Crippen LogP contribution in [0.3, 0.4) is 0 Å². The Hall–Kier alpha value is -3.07. The highest BCUT2D eigenvalue weighted by atomic mass is 14.9. The molecule has 0 fully saturated rings. The van der Waals surface area contributed by atoms with E-state index < -0.39 is 0 Å². The molecule has 0 bridgehead atoms. The first-order chi connectivity index (χ1) is 10.9. The number of aromatic nitrogens is 3. The normalized spacial score (nSPS) is 10.7. The molecule has 2 aromatic heterocycles. The molecule has 104 valence electrons. The molecule has 0 aliphatic heterocycles. The summed E-state index contributed by atoms with van der Waals surface area (Å²) in [7, 11) is 0. The van der Waals surface area contributed by atoms with Crippen molar-refractivity contribution in [2.75, 3.05) is 0 Å². The van der Waals surface area contributed by atoms with E-state index in [4.69, 9.17) is 0 Å². The molecule has 0 spiro atoms. The quantitative estimate of drug-likeness (QED) is 0.548. The maximum absolute atomic E-state index is 4.49. The number of fused-ring (bicyclic) bond motifs is 1. The van der Waals surface area contributed by atoms with Gasteiger partial charge >= 0.3 is 0 Å². The van der Waals surface area contributed by atoms with Crippen LogP contribution in [0.2, 0.25) is 0 Å². The highest BCUT2D eigenvalue weighted by molar-refractivity contribution is 5.94. The van der Waals surface area contributed by atoms with Crippen LogP contribution in [0.15, 0.2) is 79.3 Å². The molecule has 0 saturated heterocycles. The van der Waals surface area contributed by atoms with Crippen molar-refractivity contribution in [2.24, 2.45) is 0 Å². The topological polar surface area (TPSA) is 38.7 Å². The van der Waals surface area contributed by atoms with Gasteiger partial charge in [-0.05, 0) is 41.1 Å². The molecule has 4 aromatic rings. The predicted octanol–water partition coefficient (Wildman–Crippen LogP) is 4.36. The van der Waals surface area contributed by atoms with Crippen LogP contribution >= 0.6 is 0 Å². The number of pyridine rings is 1. The van der Waals surface area contributed by atoms with Crippen LogP contribution in [0.5, 0.6) is 0 Å². The lowest BCUT2D eigenvalue weighted by atomic mass is 9.98. The molecule has 0 amide bonds. The number of benzene rings is 2. The lowest BCUT2D eigenvalue weighted by Gasteiger charge is -2.10. The predicted molar refractivity (Wildman–Crippen MR) is 88.2 cm³/mol. The second-order valence-electron chi connectivity index (χ2n) is 5.03. The summed E-state index contributed by atoms with van der Waals surface area (Å²) in [5, 5.41) is 2.35. The van der Waals surface area contributed by atoms with Crippen molar-refractivity contribution in [3.63, 3.8) is 0 Å². The zero-order valence-electron chi connectivity index (χ0n) is 11.8. The van der Waals surface area contributed by atoms with Gasteiger partial charge in [-0.1, -0.05) is 30.3 Å². The second-order valence-corrected chi connectivity index (χ2v) is 5.03. The van der Waals surface area contributed by atoms with Crippen LogP contribution in [0.1, 0.15) is 0 Å². The van der Waals surface area contributed by atoms with Crippen LogP contribution in [0, 0.1) is 0 Å². The first kappa shape index (κ1) is 12.7. The summed E-state index contributed by atoms with van der Waals surface area (Å²) >= 11 is 0. The SMILES string of the molecule is c1ccc(-c2cc3ccccc3cc2-c2ncccn2)nc1. The maximum atomic E-state index is 4.49. The maximum Gasteiger partial charge on any atom is 0.159 e. The van der Waals surface area contributed by atoms with E-state index in [1.54, 1.807) is 18.6 Å². The summed E-state index contributed by atoms with van der Waals surface area (Å²) < 4.78 is 0. The number of hydrogen-bond acceptors (Lipinski definition) is 3. The minimum Gasteiger partial charge on any atom is -0.256 e. The van der Waals surface area contributed by atoms with Gasteiger partial charge in [0.2, 0.25) is 0 Å². The number of rotatable bonds is 2. The molecule has 22 heavy (non-hydrogen) atoms. The lowest BCUT2D eigenvalue weighted by molar-refractivity contribution is 1.18. The minimum absolute atomic E-state index is 0.717. The van der Waals surface area contributed by atoms with Crippen molar-refractivity contribution in [2.45, 2.75) is 0 Å². The van der Waals surface area contributed by atoms with E-state index in [0.717, 1.165) is 16.8 Å². The summed E-state index contributed by atoms with van der Waals surface area (Å²) in [6.07, 6.45) is 5.33. The molecular weight excluding hydrogens is 270 g/mol. The van der Waals surface area contributed by atoms with Crippen LogP contribution in [0.25, 0.3) is 33.4 Å².